The van der Waals surface area contributed by atoms with Gasteiger partial charge in [-0.05, 0) is 55.8 Å². The topological polar surface area (TPSA) is 70.1 Å². The van der Waals surface area contributed by atoms with Gasteiger partial charge in [-0.3, -0.25) is 4.57 Å². The van der Waals surface area contributed by atoms with Crippen LogP contribution in [-0.4, -0.2) is 29.1 Å². The molecule has 0 fully saturated rings. The molecule has 0 bridgehead atoms. The number of fused-ring (bicyclic) bond motifs is 3. The summed E-state index contributed by atoms with van der Waals surface area (Å²) in [5.74, 6) is 2.12. The fourth-order valence-corrected chi connectivity index (χ4v) is 3.54. The Morgan fingerprint density at radius 3 is 2.59 bits per heavy atom. The third kappa shape index (κ3) is 3.00. The lowest BCUT2D eigenvalue weighted by Gasteiger charge is -2.05. The molecule has 0 amide bonds. The first kappa shape index (κ1) is 17.6. The molecule has 5 aromatic rings. The highest BCUT2D eigenvalue weighted by atomic mass is 35.5. The average molecular weight is 405 g/mol. The molecule has 0 N–H and O–H groups in total. The lowest BCUT2D eigenvalue weighted by atomic mass is 10.2. The molecule has 0 unspecified atom stereocenters. The van der Waals surface area contributed by atoms with Crippen LogP contribution in [0.2, 0.25) is 5.02 Å². The van der Waals surface area contributed by atoms with Crippen molar-refractivity contribution < 1.29 is 4.74 Å². The van der Waals surface area contributed by atoms with Crippen LogP contribution in [0.4, 0.5) is 0 Å². The summed E-state index contributed by atoms with van der Waals surface area (Å²) < 4.78 is 9.52. The van der Waals surface area contributed by atoms with Gasteiger partial charge in [0.1, 0.15) is 24.5 Å². The normalized spacial score (nSPS) is 11.4. The highest BCUT2D eigenvalue weighted by molar-refractivity contribution is 6.30. The molecule has 0 radical (unpaired) electrons. The number of pyridine rings is 1. The maximum absolute atomic E-state index is 5.91. The second-order valence-electron chi connectivity index (χ2n) is 6.72. The van der Waals surface area contributed by atoms with Crippen LogP contribution in [0, 0.1) is 13.8 Å². The highest BCUT2D eigenvalue weighted by Crippen LogP contribution is 2.29. The average Bonchev–Trinajstić information content (AvgIpc) is 3.27. The Morgan fingerprint density at radius 1 is 1.00 bits per heavy atom. The summed E-state index contributed by atoms with van der Waals surface area (Å²) in [7, 11) is 0. The van der Waals surface area contributed by atoms with Crippen molar-refractivity contribution in [2.24, 2.45) is 0 Å². The van der Waals surface area contributed by atoms with Gasteiger partial charge in [0.25, 0.3) is 0 Å². The largest absolute Gasteiger partial charge is 0.486 e. The van der Waals surface area contributed by atoms with Gasteiger partial charge in [0.15, 0.2) is 17.1 Å². The van der Waals surface area contributed by atoms with E-state index < -0.39 is 0 Å². The number of aromatic nitrogens is 6. The van der Waals surface area contributed by atoms with E-state index in [0.717, 1.165) is 33.8 Å². The van der Waals surface area contributed by atoms with Gasteiger partial charge in [-0.15, -0.1) is 5.10 Å². The van der Waals surface area contributed by atoms with E-state index in [1.807, 2.05) is 34.9 Å². The maximum atomic E-state index is 5.91. The Balaban J connectivity index is 1.57. The standard InChI is InChI=1S/C21H17ClN6O/c1-13-14(2)28(18-5-3-4-10-23-18)20-19(13)21-25-17(26-27(21)12-24-20)11-29-16-8-6-15(22)7-9-16/h3-10,12H,11H2,1-2H3. The minimum atomic E-state index is 0.254. The van der Waals surface area contributed by atoms with E-state index in [-0.39, 0.29) is 6.61 Å². The number of aryl methyl sites for hydroxylation is 1. The number of hydrogen-bond acceptors (Lipinski definition) is 5. The smallest absolute Gasteiger partial charge is 0.189 e. The van der Waals surface area contributed by atoms with Crippen molar-refractivity contribution >= 4 is 28.3 Å². The molecule has 0 aliphatic heterocycles. The molecule has 0 atom stereocenters. The van der Waals surface area contributed by atoms with Crippen LogP contribution >= 0.6 is 11.6 Å². The molecule has 29 heavy (non-hydrogen) atoms. The molecule has 1 aromatic carbocycles. The van der Waals surface area contributed by atoms with Gasteiger partial charge < -0.3 is 4.74 Å². The number of benzene rings is 1. The van der Waals surface area contributed by atoms with E-state index in [2.05, 4.69) is 28.9 Å². The van der Waals surface area contributed by atoms with Crippen LogP contribution in [0.1, 0.15) is 17.1 Å². The SMILES string of the molecule is Cc1c(C)n(-c2ccccn2)c2ncn3nc(COc4ccc(Cl)cc4)nc3c12. The number of ether oxygens (including phenoxy) is 1. The minimum absolute atomic E-state index is 0.254. The lowest BCUT2D eigenvalue weighted by Crippen LogP contribution is -2.01. The summed E-state index contributed by atoms with van der Waals surface area (Å²) in [6.07, 6.45) is 3.45. The fraction of sp³-hybridized carbons (Fsp3) is 0.143. The quantitative estimate of drug-likeness (QED) is 0.446. The van der Waals surface area contributed by atoms with E-state index in [0.29, 0.717) is 16.6 Å². The Morgan fingerprint density at radius 2 is 1.83 bits per heavy atom. The van der Waals surface area contributed by atoms with Crippen molar-refractivity contribution in [2.45, 2.75) is 20.5 Å². The monoisotopic (exact) mass is 404 g/mol. The number of halogens is 1. The van der Waals surface area contributed by atoms with Crippen molar-refractivity contribution in [3.05, 3.63) is 77.1 Å². The third-order valence-corrected chi connectivity index (χ3v) is 5.19. The summed E-state index contributed by atoms with van der Waals surface area (Å²) >= 11 is 5.91. The van der Waals surface area contributed by atoms with Crippen LogP contribution in [0.3, 0.4) is 0 Å². The molecule has 8 heteroatoms. The Kier molecular flexibility index (Phi) is 4.17. The second-order valence-corrected chi connectivity index (χ2v) is 7.15. The summed E-state index contributed by atoms with van der Waals surface area (Å²) in [5, 5.41) is 6.14. The van der Waals surface area contributed by atoms with Crippen LogP contribution in [0.5, 0.6) is 5.75 Å². The van der Waals surface area contributed by atoms with E-state index in [1.165, 1.54) is 0 Å². The molecule has 0 saturated carbocycles. The van der Waals surface area contributed by atoms with Crippen LogP contribution in [0.25, 0.3) is 22.5 Å². The summed E-state index contributed by atoms with van der Waals surface area (Å²) in [5.41, 5.74) is 3.73. The Hall–Kier alpha value is -3.45. The molecular formula is C21H17ClN6O. The van der Waals surface area contributed by atoms with Crippen LogP contribution in [0.15, 0.2) is 55.0 Å². The second kappa shape index (κ2) is 6.86. The van der Waals surface area contributed by atoms with Crippen molar-refractivity contribution in [2.75, 3.05) is 0 Å². The molecule has 0 aliphatic carbocycles. The molecule has 4 heterocycles. The number of nitrogens with zero attached hydrogens (tertiary/aromatic N) is 6. The lowest BCUT2D eigenvalue weighted by molar-refractivity contribution is 0.296. The van der Waals surface area contributed by atoms with Gasteiger partial charge in [0.2, 0.25) is 0 Å². The summed E-state index contributed by atoms with van der Waals surface area (Å²) in [4.78, 5) is 13.8. The highest BCUT2D eigenvalue weighted by Gasteiger charge is 2.19. The van der Waals surface area contributed by atoms with E-state index >= 15 is 0 Å². The van der Waals surface area contributed by atoms with Crippen molar-refractivity contribution in [3.63, 3.8) is 0 Å². The predicted octanol–water partition coefficient (Wildman–Crippen LogP) is 4.31. The van der Waals surface area contributed by atoms with Crippen molar-refractivity contribution in [1.82, 2.24) is 29.1 Å². The maximum Gasteiger partial charge on any atom is 0.189 e. The molecule has 0 saturated heterocycles. The van der Waals surface area contributed by atoms with Gasteiger partial charge in [0.05, 0.1) is 5.39 Å². The zero-order chi connectivity index (χ0) is 20.0. The molecule has 144 valence electrons. The van der Waals surface area contributed by atoms with Gasteiger partial charge >= 0.3 is 0 Å². The Bertz CT molecular complexity index is 1320. The van der Waals surface area contributed by atoms with E-state index in [9.17, 15) is 0 Å². The molecule has 5 rings (SSSR count). The predicted molar refractivity (Wildman–Crippen MR) is 111 cm³/mol. The first-order chi connectivity index (χ1) is 14.1. The van der Waals surface area contributed by atoms with Gasteiger partial charge in [0, 0.05) is 16.9 Å². The Labute approximate surface area is 171 Å². The molecule has 4 aromatic heterocycles. The van der Waals surface area contributed by atoms with Gasteiger partial charge in [-0.25, -0.2) is 19.5 Å². The first-order valence-electron chi connectivity index (χ1n) is 9.13. The number of rotatable bonds is 4. The number of hydrogen-bond donors (Lipinski definition) is 0. The zero-order valence-corrected chi connectivity index (χ0v) is 16.6. The minimum Gasteiger partial charge on any atom is -0.486 e. The van der Waals surface area contributed by atoms with Crippen LogP contribution in [-0.2, 0) is 6.61 Å². The van der Waals surface area contributed by atoms with Crippen molar-refractivity contribution in [1.29, 1.82) is 0 Å². The first-order valence-corrected chi connectivity index (χ1v) is 9.51. The summed E-state index contributed by atoms with van der Waals surface area (Å²) in [6, 6.07) is 13.0. The summed E-state index contributed by atoms with van der Waals surface area (Å²) in [6.45, 7) is 4.38. The van der Waals surface area contributed by atoms with Gasteiger partial charge in [-0.2, -0.15) is 0 Å². The third-order valence-electron chi connectivity index (χ3n) is 4.94. The van der Waals surface area contributed by atoms with Gasteiger partial charge in [-0.1, -0.05) is 17.7 Å². The molecular weight excluding hydrogens is 388 g/mol. The fourth-order valence-electron chi connectivity index (χ4n) is 3.41. The van der Waals surface area contributed by atoms with Crippen molar-refractivity contribution in [3.8, 4) is 11.6 Å². The zero-order valence-electron chi connectivity index (χ0n) is 15.9. The van der Waals surface area contributed by atoms with Crippen LogP contribution < -0.4 is 4.74 Å². The molecule has 0 spiro atoms. The molecule has 7 nitrogen and oxygen atoms in total. The van der Waals surface area contributed by atoms with E-state index in [4.69, 9.17) is 21.3 Å². The molecule has 0 aliphatic rings. The van der Waals surface area contributed by atoms with E-state index in [1.54, 1.807) is 29.2 Å².